The monoisotopic (exact) mass is 504 g/mol. The smallest absolute Gasteiger partial charge is 0.236 e. The van der Waals surface area contributed by atoms with Crippen molar-refractivity contribution in [3.63, 3.8) is 0 Å². The molecular weight excluding hydrogens is 464 g/mol. The van der Waals surface area contributed by atoms with E-state index in [2.05, 4.69) is 23.8 Å². The number of hydrogen-bond acceptors (Lipinski definition) is 5. The number of piperazine rings is 1. The fourth-order valence-corrected chi connectivity index (χ4v) is 5.71. The molecule has 194 valence electrons. The predicted molar refractivity (Wildman–Crippen MR) is 139 cm³/mol. The molecule has 1 atom stereocenters. The fourth-order valence-electron chi connectivity index (χ4n) is 5.53. The van der Waals surface area contributed by atoms with Crippen LogP contribution in [-0.2, 0) is 9.59 Å². The molecule has 1 aromatic rings. The van der Waals surface area contributed by atoms with Crippen molar-refractivity contribution in [2.24, 2.45) is 11.3 Å². The van der Waals surface area contributed by atoms with Gasteiger partial charge in [-0.05, 0) is 69.9 Å². The van der Waals surface area contributed by atoms with Crippen molar-refractivity contribution in [3.8, 4) is 5.75 Å². The van der Waals surface area contributed by atoms with Crippen molar-refractivity contribution < 1.29 is 14.3 Å². The molecule has 0 radical (unpaired) electrons. The zero-order valence-electron chi connectivity index (χ0n) is 21.4. The number of ether oxygens (including phenoxy) is 1. The number of halogens is 1. The molecule has 3 fully saturated rings. The molecule has 8 heteroatoms. The van der Waals surface area contributed by atoms with Gasteiger partial charge in [-0.2, -0.15) is 0 Å². The van der Waals surface area contributed by atoms with Crippen molar-refractivity contribution in [1.82, 2.24) is 19.6 Å². The Morgan fingerprint density at radius 2 is 1.77 bits per heavy atom. The van der Waals surface area contributed by atoms with Gasteiger partial charge in [-0.15, -0.1) is 0 Å². The van der Waals surface area contributed by atoms with Crippen LogP contribution in [0.4, 0.5) is 0 Å². The van der Waals surface area contributed by atoms with Crippen LogP contribution in [0.2, 0.25) is 5.02 Å². The van der Waals surface area contributed by atoms with Crippen molar-refractivity contribution in [2.45, 2.75) is 39.0 Å². The Balaban J connectivity index is 1.44. The van der Waals surface area contributed by atoms with Gasteiger partial charge in [0.25, 0.3) is 0 Å². The van der Waals surface area contributed by atoms with Gasteiger partial charge in [0.15, 0.2) is 0 Å². The Hall–Kier alpha value is -1.83. The highest BCUT2D eigenvalue weighted by atomic mass is 35.5. The number of carbonyl (C=O) groups excluding carboxylic acids is 2. The first kappa shape index (κ1) is 26.2. The summed E-state index contributed by atoms with van der Waals surface area (Å²) in [5.41, 5.74) is -0.396. The van der Waals surface area contributed by atoms with Crippen molar-refractivity contribution >= 4 is 23.4 Å². The van der Waals surface area contributed by atoms with Gasteiger partial charge in [-0.1, -0.05) is 24.6 Å². The lowest BCUT2D eigenvalue weighted by Gasteiger charge is -2.44. The Bertz CT molecular complexity index is 868. The largest absolute Gasteiger partial charge is 0.493 e. The van der Waals surface area contributed by atoms with Gasteiger partial charge in [0.1, 0.15) is 5.75 Å². The Morgan fingerprint density at radius 1 is 1.03 bits per heavy atom. The maximum Gasteiger partial charge on any atom is 0.236 e. The number of benzene rings is 1. The number of carbonyl (C=O) groups is 2. The molecule has 0 bridgehead atoms. The van der Waals surface area contributed by atoms with Crippen LogP contribution in [0.3, 0.4) is 0 Å². The van der Waals surface area contributed by atoms with Crippen LogP contribution in [0.25, 0.3) is 0 Å². The van der Waals surface area contributed by atoms with E-state index in [0.29, 0.717) is 36.9 Å². The third-order valence-corrected chi connectivity index (χ3v) is 8.21. The number of amides is 2. The van der Waals surface area contributed by atoms with E-state index in [1.165, 1.54) is 0 Å². The lowest BCUT2D eigenvalue weighted by Crippen LogP contribution is -2.54. The van der Waals surface area contributed by atoms with Crippen LogP contribution in [-0.4, -0.2) is 104 Å². The molecule has 35 heavy (non-hydrogen) atoms. The quantitative estimate of drug-likeness (QED) is 0.570. The predicted octanol–water partition coefficient (Wildman–Crippen LogP) is 3.22. The average Bonchev–Trinajstić information content (AvgIpc) is 2.85. The Kier molecular flexibility index (Phi) is 8.95. The molecule has 4 rings (SSSR count). The second kappa shape index (κ2) is 11.9. The summed E-state index contributed by atoms with van der Waals surface area (Å²) in [6, 6.07) is 7.39. The molecule has 0 saturated carbocycles. The van der Waals surface area contributed by atoms with Crippen LogP contribution >= 0.6 is 11.6 Å². The number of nitrogens with zero attached hydrogens (tertiary/aromatic N) is 4. The minimum atomic E-state index is -0.396. The van der Waals surface area contributed by atoms with Gasteiger partial charge < -0.3 is 19.4 Å². The highest BCUT2D eigenvalue weighted by Gasteiger charge is 2.41. The number of hydrogen-bond donors (Lipinski definition) is 0. The Morgan fingerprint density at radius 3 is 2.49 bits per heavy atom. The van der Waals surface area contributed by atoms with Gasteiger partial charge >= 0.3 is 0 Å². The molecule has 1 aromatic carbocycles. The zero-order chi connectivity index (χ0) is 24.8. The normalized spacial score (nSPS) is 25.0. The number of likely N-dealkylation sites (N-methyl/N-ethyl adjacent to an activating group) is 1. The molecule has 3 saturated heterocycles. The molecular formula is C27H41ClN4O3. The molecule has 2 amide bonds. The van der Waals surface area contributed by atoms with Gasteiger partial charge in [0, 0.05) is 56.1 Å². The summed E-state index contributed by atoms with van der Waals surface area (Å²) in [4.78, 5) is 35.2. The summed E-state index contributed by atoms with van der Waals surface area (Å²) in [5.74, 6) is 1.80. The van der Waals surface area contributed by atoms with E-state index in [1.54, 1.807) is 6.07 Å². The molecule has 3 aliphatic rings. The minimum absolute atomic E-state index is 0.173. The molecule has 0 aliphatic carbocycles. The third kappa shape index (κ3) is 7.34. The average molecular weight is 505 g/mol. The van der Waals surface area contributed by atoms with E-state index in [9.17, 15) is 9.59 Å². The van der Waals surface area contributed by atoms with E-state index < -0.39 is 5.41 Å². The van der Waals surface area contributed by atoms with E-state index in [-0.39, 0.29) is 11.8 Å². The molecule has 1 unspecified atom stereocenters. The van der Waals surface area contributed by atoms with Gasteiger partial charge in [-0.25, -0.2) is 0 Å². The highest BCUT2D eigenvalue weighted by Crippen LogP contribution is 2.36. The van der Waals surface area contributed by atoms with Crippen LogP contribution < -0.4 is 4.74 Å². The highest BCUT2D eigenvalue weighted by molar-refractivity contribution is 6.30. The van der Waals surface area contributed by atoms with Crippen molar-refractivity contribution in [3.05, 3.63) is 29.3 Å². The first-order chi connectivity index (χ1) is 16.8. The lowest BCUT2D eigenvalue weighted by molar-refractivity contribution is -0.143. The first-order valence-electron chi connectivity index (χ1n) is 13.2. The SMILES string of the molecule is CC1CCN(CC(=O)N2CCCC(COc3cccc(Cl)c3)(CC(=O)N3CCN(C)CC3)C2)CC1. The molecule has 3 aliphatic heterocycles. The fraction of sp³-hybridized carbons (Fsp3) is 0.704. The van der Waals surface area contributed by atoms with Crippen LogP contribution in [0.5, 0.6) is 5.75 Å². The van der Waals surface area contributed by atoms with Crippen LogP contribution in [0, 0.1) is 11.3 Å². The molecule has 3 heterocycles. The first-order valence-corrected chi connectivity index (χ1v) is 13.5. The van der Waals surface area contributed by atoms with Gasteiger partial charge in [0.2, 0.25) is 11.8 Å². The van der Waals surface area contributed by atoms with Crippen LogP contribution in [0.1, 0.15) is 39.0 Å². The maximum atomic E-state index is 13.4. The third-order valence-electron chi connectivity index (χ3n) is 7.97. The van der Waals surface area contributed by atoms with E-state index in [0.717, 1.165) is 77.4 Å². The summed E-state index contributed by atoms with van der Waals surface area (Å²) < 4.78 is 6.21. The minimum Gasteiger partial charge on any atom is -0.493 e. The zero-order valence-corrected chi connectivity index (χ0v) is 22.1. The van der Waals surface area contributed by atoms with Crippen molar-refractivity contribution in [2.75, 3.05) is 72.6 Å². The molecule has 7 nitrogen and oxygen atoms in total. The molecule has 0 N–H and O–H groups in total. The maximum absolute atomic E-state index is 13.4. The van der Waals surface area contributed by atoms with Gasteiger partial charge in [-0.3, -0.25) is 14.5 Å². The second-order valence-electron chi connectivity index (χ2n) is 11.0. The molecule has 0 aromatic heterocycles. The summed E-state index contributed by atoms with van der Waals surface area (Å²) in [7, 11) is 2.09. The summed E-state index contributed by atoms with van der Waals surface area (Å²) in [5, 5.41) is 0.626. The summed E-state index contributed by atoms with van der Waals surface area (Å²) in [6.07, 6.45) is 4.48. The summed E-state index contributed by atoms with van der Waals surface area (Å²) in [6.45, 7) is 9.79. The topological polar surface area (TPSA) is 56.3 Å². The lowest BCUT2D eigenvalue weighted by atomic mass is 9.77. The second-order valence-corrected chi connectivity index (χ2v) is 11.4. The van der Waals surface area contributed by atoms with Crippen molar-refractivity contribution in [1.29, 1.82) is 0 Å². The number of likely N-dealkylation sites (tertiary alicyclic amines) is 2. The van der Waals surface area contributed by atoms with E-state index in [1.807, 2.05) is 28.0 Å². The standard InChI is InChI=1S/C27H41ClN4O3/c1-22-7-11-30(12-8-22)19-26(34)32-10-4-9-27(20-32,21-35-24-6-3-5-23(28)17-24)18-25(33)31-15-13-29(2)14-16-31/h3,5-6,17,22H,4,7-16,18-21H2,1-2H3. The Labute approximate surface area is 215 Å². The summed E-state index contributed by atoms with van der Waals surface area (Å²) >= 11 is 6.16. The number of rotatable bonds is 7. The van der Waals surface area contributed by atoms with Gasteiger partial charge in [0.05, 0.1) is 13.2 Å². The van der Waals surface area contributed by atoms with E-state index in [4.69, 9.17) is 16.3 Å². The van der Waals surface area contributed by atoms with Crippen LogP contribution in [0.15, 0.2) is 24.3 Å². The van der Waals surface area contributed by atoms with E-state index >= 15 is 0 Å². The molecule has 0 spiro atoms. The number of piperidine rings is 2.